The molecule has 0 bridgehead atoms. The van der Waals surface area contributed by atoms with E-state index >= 15 is 0 Å². The molecule has 0 aliphatic carbocycles. The molecule has 12 heteroatoms. The van der Waals surface area contributed by atoms with Crippen LogP contribution in [0.1, 0.15) is 68.8 Å². The Morgan fingerprint density at radius 3 is 2.47 bits per heavy atom. The van der Waals surface area contributed by atoms with Gasteiger partial charge in [-0.1, -0.05) is 39.8 Å². The van der Waals surface area contributed by atoms with Crippen molar-refractivity contribution < 1.29 is 34.0 Å². The Balaban J connectivity index is 2.05. The van der Waals surface area contributed by atoms with Crippen molar-refractivity contribution in [3.8, 4) is 5.75 Å². The van der Waals surface area contributed by atoms with E-state index in [0.717, 1.165) is 0 Å². The molecule has 38 heavy (non-hydrogen) atoms. The minimum atomic E-state index is -1.29. The average molecular weight is 535 g/mol. The SMILES string of the molecule is CCC(O)C1CCC(c2nc(C(=O)NCc3ccc(F)cc3)c(O)c(=O)[nH]2)(C(NC(=O)O)C(C)(C)C)CO1. The summed E-state index contributed by atoms with van der Waals surface area (Å²) in [6, 6.07) is 4.59. The van der Waals surface area contributed by atoms with E-state index in [9.17, 15) is 34.1 Å². The van der Waals surface area contributed by atoms with E-state index in [1.165, 1.54) is 24.3 Å². The van der Waals surface area contributed by atoms with Gasteiger partial charge in [0, 0.05) is 6.54 Å². The lowest BCUT2D eigenvalue weighted by molar-refractivity contribution is -0.106. The maximum atomic E-state index is 13.2. The molecule has 1 aliphatic rings. The van der Waals surface area contributed by atoms with Crippen molar-refractivity contribution in [1.29, 1.82) is 0 Å². The van der Waals surface area contributed by atoms with Gasteiger partial charge in [0.15, 0.2) is 5.69 Å². The maximum absolute atomic E-state index is 13.2. The second kappa shape index (κ2) is 11.5. The van der Waals surface area contributed by atoms with E-state index in [0.29, 0.717) is 18.4 Å². The van der Waals surface area contributed by atoms with Crippen LogP contribution in [0.3, 0.4) is 0 Å². The fourth-order valence-corrected chi connectivity index (χ4v) is 4.96. The first-order valence-electron chi connectivity index (χ1n) is 12.4. The number of rotatable bonds is 8. The van der Waals surface area contributed by atoms with Gasteiger partial charge in [-0.25, -0.2) is 14.2 Å². The van der Waals surface area contributed by atoms with Gasteiger partial charge in [0.25, 0.3) is 11.5 Å². The highest BCUT2D eigenvalue weighted by atomic mass is 19.1. The molecule has 3 rings (SSSR count). The van der Waals surface area contributed by atoms with Gasteiger partial charge >= 0.3 is 6.09 Å². The quantitative estimate of drug-likeness (QED) is 0.299. The summed E-state index contributed by atoms with van der Waals surface area (Å²) in [5.74, 6) is -2.19. The first kappa shape index (κ1) is 29.1. The molecule has 1 aliphatic heterocycles. The number of aliphatic hydroxyl groups excluding tert-OH is 1. The van der Waals surface area contributed by atoms with Crippen molar-refractivity contribution in [2.45, 2.75) is 77.2 Å². The van der Waals surface area contributed by atoms with Gasteiger partial charge in [0.2, 0.25) is 5.75 Å². The number of nitrogens with zero attached hydrogens (tertiary/aromatic N) is 1. The van der Waals surface area contributed by atoms with Gasteiger partial charge in [0.05, 0.1) is 30.3 Å². The summed E-state index contributed by atoms with van der Waals surface area (Å²) in [7, 11) is 0. The van der Waals surface area contributed by atoms with Crippen LogP contribution in [0.2, 0.25) is 0 Å². The highest BCUT2D eigenvalue weighted by molar-refractivity contribution is 5.94. The molecule has 1 fully saturated rings. The second-order valence-electron chi connectivity index (χ2n) is 10.7. The number of hydrogen-bond acceptors (Lipinski definition) is 7. The summed E-state index contributed by atoms with van der Waals surface area (Å²) in [5, 5.41) is 35.5. The molecule has 0 radical (unpaired) electrons. The van der Waals surface area contributed by atoms with Crippen LogP contribution >= 0.6 is 0 Å². The van der Waals surface area contributed by atoms with Crippen molar-refractivity contribution in [2.24, 2.45) is 5.41 Å². The number of carboxylic acid groups (broad SMARTS) is 1. The highest BCUT2D eigenvalue weighted by Gasteiger charge is 2.52. The molecular formula is C26H35FN4O7. The first-order chi connectivity index (χ1) is 17.8. The summed E-state index contributed by atoms with van der Waals surface area (Å²) in [6.07, 6.45) is -1.46. The summed E-state index contributed by atoms with van der Waals surface area (Å²) >= 11 is 0. The largest absolute Gasteiger partial charge is 0.501 e. The maximum Gasteiger partial charge on any atom is 0.404 e. The number of aromatic amines is 1. The summed E-state index contributed by atoms with van der Waals surface area (Å²) in [6.45, 7) is 7.14. The number of benzene rings is 1. The number of nitrogens with one attached hydrogen (secondary N) is 3. The van der Waals surface area contributed by atoms with E-state index in [2.05, 4.69) is 20.6 Å². The van der Waals surface area contributed by atoms with Crippen LogP contribution < -0.4 is 16.2 Å². The monoisotopic (exact) mass is 534 g/mol. The first-order valence-corrected chi connectivity index (χ1v) is 12.4. The van der Waals surface area contributed by atoms with Crippen LogP contribution in [-0.2, 0) is 16.7 Å². The number of amides is 2. The summed E-state index contributed by atoms with van der Waals surface area (Å²) in [4.78, 5) is 44.5. The van der Waals surface area contributed by atoms with E-state index < -0.39 is 63.9 Å². The third-order valence-electron chi connectivity index (χ3n) is 6.91. The number of carbonyl (C=O) groups excluding carboxylic acids is 1. The number of aliphatic hydroxyl groups is 1. The lowest BCUT2D eigenvalue weighted by Crippen LogP contribution is -2.62. The third kappa shape index (κ3) is 6.30. The highest BCUT2D eigenvalue weighted by Crippen LogP contribution is 2.43. The number of carbonyl (C=O) groups is 2. The number of H-pyrrole nitrogens is 1. The van der Waals surface area contributed by atoms with Crippen LogP contribution in [0.5, 0.6) is 5.75 Å². The number of ether oxygens (including phenoxy) is 1. The standard InChI is InChI=1S/C26H35FN4O7/c1-5-16(32)17-10-11-26(13-38-17,22(25(2,3)4)31-24(36)37)23-29-18(19(33)21(35)30-23)20(34)28-12-14-6-8-15(27)9-7-14/h6-9,16-17,22,31-33H,5,10-13H2,1-4H3,(H,28,34)(H,36,37)(H,29,30,35). The predicted molar refractivity (Wildman–Crippen MR) is 135 cm³/mol. The number of aromatic hydroxyl groups is 1. The van der Waals surface area contributed by atoms with Gasteiger partial charge < -0.3 is 35.7 Å². The third-order valence-corrected chi connectivity index (χ3v) is 6.91. The molecule has 2 amide bonds. The van der Waals surface area contributed by atoms with Crippen molar-refractivity contribution in [1.82, 2.24) is 20.6 Å². The van der Waals surface area contributed by atoms with Gasteiger partial charge in [-0.3, -0.25) is 9.59 Å². The number of halogens is 1. The average Bonchev–Trinajstić information content (AvgIpc) is 2.87. The van der Waals surface area contributed by atoms with E-state index in [1.807, 2.05) is 27.7 Å². The normalized spacial score (nSPS) is 21.4. The van der Waals surface area contributed by atoms with Gasteiger partial charge in [-0.2, -0.15) is 0 Å². The summed E-state index contributed by atoms with van der Waals surface area (Å²) < 4.78 is 19.2. The van der Waals surface area contributed by atoms with Crippen molar-refractivity contribution in [3.05, 3.63) is 57.5 Å². The van der Waals surface area contributed by atoms with Crippen LogP contribution in [0, 0.1) is 11.2 Å². The lowest BCUT2D eigenvalue weighted by atomic mass is 9.65. The van der Waals surface area contributed by atoms with E-state index in [-0.39, 0.29) is 25.4 Å². The zero-order chi connectivity index (χ0) is 28.3. The predicted octanol–water partition coefficient (Wildman–Crippen LogP) is 2.41. The summed E-state index contributed by atoms with van der Waals surface area (Å²) in [5.41, 5.74) is -2.86. The Morgan fingerprint density at radius 2 is 1.95 bits per heavy atom. The topological polar surface area (TPSA) is 174 Å². The molecule has 0 saturated carbocycles. The Kier molecular flexibility index (Phi) is 8.78. The van der Waals surface area contributed by atoms with Crippen LogP contribution in [0.25, 0.3) is 0 Å². The van der Waals surface area contributed by atoms with Crippen LogP contribution in [0.4, 0.5) is 9.18 Å². The Bertz CT molecular complexity index is 1200. The molecule has 0 spiro atoms. The molecule has 4 unspecified atom stereocenters. The zero-order valence-electron chi connectivity index (χ0n) is 21.9. The molecule has 2 heterocycles. The van der Waals surface area contributed by atoms with Crippen molar-refractivity contribution >= 4 is 12.0 Å². The fraction of sp³-hybridized carbons (Fsp3) is 0.538. The molecular weight excluding hydrogens is 499 g/mol. The zero-order valence-corrected chi connectivity index (χ0v) is 21.9. The molecule has 11 nitrogen and oxygen atoms in total. The molecule has 2 aromatic rings. The Morgan fingerprint density at radius 1 is 1.29 bits per heavy atom. The second-order valence-corrected chi connectivity index (χ2v) is 10.7. The minimum Gasteiger partial charge on any atom is -0.501 e. The van der Waals surface area contributed by atoms with Crippen molar-refractivity contribution in [2.75, 3.05) is 6.61 Å². The molecule has 1 aromatic heterocycles. The molecule has 1 aromatic carbocycles. The van der Waals surface area contributed by atoms with Gasteiger partial charge in [0.1, 0.15) is 11.6 Å². The fourth-order valence-electron chi connectivity index (χ4n) is 4.96. The number of aromatic nitrogens is 2. The van der Waals surface area contributed by atoms with Crippen LogP contribution in [0.15, 0.2) is 29.1 Å². The minimum absolute atomic E-state index is 0.0155. The molecule has 4 atom stereocenters. The Hall–Kier alpha value is -3.51. The molecule has 208 valence electrons. The van der Waals surface area contributed by atoms with Gasteiger partial charge in [-0.05, 0) is 42.4 Å². The van der Waals surface area contributed by atoms with Gasteiger partial charge in [-0.15, -0.1) is 0 Å². The van der Waals surface area contributed by atoms with Crippen LogP contribution in [-0.4, -0.2) is 62.1 Å². The van der Waals surface area contributed by atoms with E-state index in [1.54, 1.807) is 0 Å². The Labute approximate surface area is 219 Å². The molecule has 6 N–H and O–H groups in total. The molecule has 1 saturated heterocycles. The smallest absolute Gasteiger partial charge is 0.404 e. The lowest BCUT2D eigenvalue weighted by Gasteiger charge is -2.49. The van der Waals surface area contributed by atoms with Crippen molar-refractivity contribution in [3.63, 3.8) is 0 Å². The van der Waals surface area contributed by atoms with E-state index in [4.69, 9.17) is 4.74 Å². The number of hydrogen-bond donors (Lipinski definition) is 6.